The van der Waals surface area contributed by atoms with E-state index in [0.29, 0.717) is 0 Å². The highest BCUT2D eigenvalue weighted by Gasteiger charge is 2.29. The molecule has 0 aliphatic rings. The van der Waals surface area contributed by atoms with Crippen LogP contribution in [-0.4, -0.2) is 51.2 Å². The summed E-state index contributed by atoms with van der Waals surface area (Å²) in [6, 6.07) is -2.18. The summed E-state index contributed by atoms with van der Waals surface area (Å²) in [7, 11) is -4.47. The maximum atomic E-state index is 11.5. The lowest BCUT2D eigenvalue weighted by Gasteiger charge is -2.21. The molecule has 0 unspecified atom stereocenters. The average Bonchev–Trinajstić information content (AvgIpc) is 2.23. The average molecular weight is 283 g/mol. The van der Waals surface area contributed by atoms with Crippen LogP contribution in [0.3, 0.4) is 0 Å². The van der Waals surface area contributed by atoms with Crippen molar-refractivity contribution < 1.29 is 29.0 Å². The van der Waals surface area contributed by atoms with Crippen molar-refractivity contribution in [1.82, 2.24) is 10.6 Å². The van der Waals surface area contributed by atoms with E-state index in [4.69, 9.17) is 20.6 Å². The molecule has 9 nitrogen and oxygen atoms in total. The smallest absolute Gasteiger partial charge is 0.347 e. The van der Waals surface area contributed by atoms with Crippen molar-refractivity contribution in [2.75, 3.05) is 6.61 Å². The number of aliphatic hydroxyl groups excluding tert-OH is 1. The molecule has 3 atom stereocenters. The first kappa shape index (κ1) is 17.0. The Kier molecular flexibility index (Phi) is 6.44. The van der Waals surface area contributed by atoms with Gasteiger partial charge in [0.1, 0.15) is 11.8 Å². The first-order chi connectivity index (χ1) is 8.09. The topological polar surface area (TPSA) is 162 Å². The van der Waals surface area contributed by atoms with Crippen molar-refractivity contribution in [2.45, 2.75) is 31.7 Å². The quantitative estimate of drug-likeness (QED) is 0.292. The van der Waals surface area contributed by atoms with E-state index in [1.807, 2.05) is 5.32 Å². The van der Waals surface area contributed by atoms with E-state index in [1.165, 1.54) is 6.92 Å². The molecule has 0 spiro atoms. The Balaban J connectivity index is 4.54. The van der Waals surface area contributed by atoms with Gasteiger partial charge in [-0.3, -0.25) is 14.2 Å². The predicted molar refractivity (Wildman–Crippen MR) is 62.3 cm³/mol. The lowest BCUT2D eigenvalue weighted by atomic mass is 10.2. The third-order valence-electron chi connectivity index (χ3n) is 2.08. The van der Waals surface area contributed by atoms with E-state index >= 15 is 0 Å². The lowest BCUT2D eigenvalue weighted by Crippen LogP contribution is -2.53. The van der Waals surface area contributed by atoms with Gasteiger partial charge in [-0.15, -0.1) is 0 Å². The molecule has 0 saturated heterocycles. The Hall–Kier alpha value is -0.990. The summed E-state index contributed by atoms with van der Waals surface area (Å²) in [5, 5.41) is 13.1. The standard InChI is InChI=1S/C8H18N3O6P/c1-4(9)7(13)11-6(3-12)8(14)10-5(2)18(15,16)17/h4-6,12H,3,9H2,1-2H3,(H,10,14)(H,11,13)(H2,15,16,17)/t4-,5+,6-/m0/s1. The van der Waals surface area contributed by atoms with Crippen LogP contribution in [0.2, 0.25) is 0 Å². The molecule has 0 bridgehead atoms. The highest BCUT2D eigenvalue weighted by Crippen LogP contribution is 2.38. The molecule has 0 aliphatic heterocycles. The second kappa shape index (κ2) is 6.81. The summed E-state index contributed by atoms with van der Waals surface area (Å²) in [5.41, 5.74) is 5.26. The van der Waals surface area contributed by atoms with Gasteiger partial charge in [0.05, 0.1) is 12.6 Å². The van der Waals surface area contributed by atoms with Crippen molar-refractivity contribution in [2.24, 2.45) is 5.73 Å². The molecular weight excluding hydrogens is 265 g/mol. The van der Waals surface area contributed by atoms with Crippen LogP contribution in [0.15, 0.2) is 0 Å². The Morgan fingerprint density at radius 2 is 1.72 bits per heavy atom. The highest BCUT2D eigenvalue weighted by molar-refractivity contribution is 7.52. The van der Waals surface area contributed by atoms with Gasteiger partial charge >= 0.3 is 7.60 Å². The Labute approximate surface area is 104 Å². The molecule has 0 fully saturated rings. The van der Waals surface area contributed by atoms with Crippen molar-refractivity contribution in [3.8, 4) is 0 Å². The van der Waals surface area contributed by atoms with Gasteiger partial charge in [0, 0.05) is 0 Å². The number of nitrogens with one attached hydrogen (secondary N) is 2. The van der Waals surface area contributed by atoms with E-state index in [2.05, 4.69) is 5.32 Å². The van der Waals surface area contributed by atoms with Crippen molar-refractivity contribution >= 4 is 19.4 Å². The Morgan fingerprint density at radius 3 is 2.06 bits per heavy atom. The fraction of sp³-hybridized carbons (Fsp3) is 0.750. The minimum Gasteiger partial charge on any atom is -0.394 e. The van der Waals surface area contributed by atoms with Crippen LogP contribution in [0, 0.1) is 0 Å². The molecule has 0 saturated carbocycles. The molecular formula is C8H18N3O6P. The van der Waals surface area contributed by atoms with Crippen LogP contribution < -0.4 is 16.4 Å². The van der Waals surface area contributed by atoms with Crippen LogP contribution in [0.5, 0.6) is 0 Å². The Bertz CT molecular complexity index is 355. The van der Waals surface area contributed by atoms with Crippen LogP contribution in [0.1, 0.15) is 13.8 Å². The number of carbonyl (C=O) groups is 2. The maximum Gasteiger partial charge on any atom is 0.347 e. The first-order valence-electron chi connectivity index (χ1n) is 5.12. The van der Waals surface area contributed by atoms with Crippen LogP contribution >= 0.6 is 7.60 Å². The fourth-order valence-electron chi connectivity index (χ4n) is 0.888. The summed E-state index contributed by atoms with van der Waals surface area (Å²) >= 11 is 0. The second-order valence-electron chi connectivity index (χ2n) is 3.81. The van der Waals surface area contributed by atoms with Gasteiger partial charge in [-0.2, -0.15) is 0 Å². The van der Waals surface area contributed by atoms with Gasteiger partial charge in [-0.05, 0) is 13.8 Å². The van der Waals surface area contributed by atoms with Crippen molar-refractivity contribution in [3.05, 3.63) is 0 Å². The number of amides is 2. The molecule has 0 radical (unpaired) electrons. The maximum absolute atomic E-state index is 11.5. The summed E-state index contributed by atoms with van der Waals surface area (Å²) < 4.78 is 10.8. The molecule has 0 rings (SSSR count). The molecule has 7 N–H and O–H groups in total. The molecule has 0 aromatic heterocycles. The monoisotopic (exact) mass is 283 g/mol. The summed E-state index contributed by atoms with van der Waals surface area (Å²) in [4.78, 5) is 40.3. The molecule has 0 aliphatic carbocycles. The normalized spacial score (nSPS) is 16.6. The molecule has 106 valence electrons. The van der Waals surface area contributed by atoms with Crippen LogP contribution in [0.4, 0.5) is 0 Å². The number of hydrogen-bond donors (Lipinski definition) is 6. The molecule has 0 aromatic carbocycles. The second-order valence-corrected chi connectivity index (χ2v) is 5.76. The summed E-state index contributed by atoms with van der Waals surface area (Å²) in [6.07, 6.45) is 0. The lowest BCUT2D eigenvalue weighted by molar-refractivity contribution is -0.130. The molecule has 0 aromatic rings. The minimum atomic E-state index is -4.47. The Morgan fingerprint density at radius 1 is 1.22 bits per heavy atom. The number of aliphatic hydroxyl groups is 1. The molecule has 2 amide bonds. The largest absolute Gasteiger partial charge is 0.394 e. The zero-order chi connectivity index (χ0) is 14.5. The molecule has 10 heteroatoms. The van der Waals surface area contributed by atoms with Crippen LogP contribution in [0.25, 0.3) is 0 Å². The van der Waals surface area contributed by atoms with E-state index in [9.17, 15) is 14.2 Å². The van der Waals surface area contributed by atoms with Crippen LogP contribution in [-0.2, 0) is 14.2 Å². The molecule has 18 heavy (non-hydrogen) atoms. The van der Waals surface area contributed by atoms with E-state index in [1.54, 1.807) is 0 Å². The zero-order valence-electron chi connectivity index (χ0n) is 10.0. The SMILES string of the molecule is C[C@H](N)C(=O)N[C@@H](CO)C(=O)N[C@@H](C)P(=O)(O)O. The van der Waals surface area contributed by atoms with E-state index < -0.39 is 43.9 Å². The fourth-order valence-corrected chi connectivity index (χ4v) is 1.18. The van der Waals surface area contributed by atoms with Crippen molar-refractivity contribution in [3.63, 3.8) is 0 Å². The molecule has 0 heterocycles. The van der Waals surface area contributed by atoms with Gasteiger partial charge in [-0.1, -0.05) is 0 Å². The number of hydrogen-bond acceptors (Lipinski definition) is 5. The number of nitrogens with two attached hydrogens (primary N) is 1. The summed E-state index contributed by atoms with van der Waals surface area (Å²) in [5.74, 6) is -2.97. The third kappa shape index (κ3) is 5.56. The summed E-state index contributed by atoms with van der Waals surface area (Å²) in [6.45, 7) is 1.79. The van der Waals surface area contributed by atoms with Gasteiger partial charge in [-0.25, -0.2) is 0 Å². The number of carbonyl (C=O) groups excluding carboxylic acids is 2. The zero-order valence-corrected chi connectivity index (χ0v) is 10.9. The van der Waals surface area contributed by atoms with Gasteiger partial charge < -0.3 is 31.3 Å². The van der Waals surface area contributed by atoms with Crippen molar-refractivity contribution in [1.29, 1.82) is 0 Å². The van der Waals surface area contributed by atoms with Gasteiger partial charge in [0.25, 0.3) is 0 Å². The third-order valence-corrected chi connectivity index (χ3v) is 3.22. The highest BCUT2D eigenvalue weighted by atomic mass is 31.2. The van der Waals surface area contributed by atoms with E-state index in [-0.39, 0.29) is 0 Å². The van der Waals surface area contributed by atoms with E-state index in [0.717, 1.165) is 6.92 Å². The number of rotatable bonds is 6. The van der Waals surface area contributed by atoms with Gasteiger partial charge in [0.15, 0.2) is 0 Å². The van der Waals surface area contributed by atoms with Gasteiger partial charge in [0.2, 0.25) is 11.8 Å². The minimum absolute atomic E-state index is 0.659. The first-order valence-corrected chi connectivity index (χ1v) is 6.80. The predicted octanol–water partition coefficient (Wildman–Crippen LogP) is -2.55.